The Kier molecular flexibility index (Phi) is 5.29. The van der Waals surface area contributed by atoms with Crippen LogP contribution < -0.4 is 4.74 Å². The molecular formula is C13H19BrO2. The molecule has 0 aliphatic heterocycles. The summed E-state index contributed by atoms with van der Waals surface area (Å²) in [5, 5.41) is 9.94. The first-order chi connectivity index (χ1) is 7.58. The molecule has 0 aliphatic carbocycles. The van der Waals surface area contributed by atoms with Gasteiger partial charge in [-0.1, -0.05) is 26.3 Å². The molecule has 0 radical (unpaired) electrons. The first-order valence-corrected chi connectivity index (χ1v) is 6.38. The molecule has 2 atom stereocenters. The SMILES string of the molecule is CCC(C)C(O)Cc1ccc(OC)c(Br)c1. The summed E-state index contributed by atoms with van der Waals surface area (Å²) in [4.78, 5) is 0. The average molecular weight is 287 g/mol. The zero-order chi connectivity index (χ0) is 12.1. The summed E-state index contributed by atoms with van der Waals surface area (Å²) in [6, 6.07) is 5.92. The lowest BCUT2D eigenvalue weighted by Gasteiger charge is -2.17. The number of rotatable bonds is 5. The first-order valence-electron chi connectivity index (χ1n) is 5.59. The molecule has 2 nitrogen and oxygen atoms in total. The zero-order valence-corrected chi connectivity index (χ0v) is 11.6. The fourth-order valence-electron chi connectivity index (χ4n) is 1.55. The normalized spacial score (nSPS) is 14.6. The van der Waals surface area contributed by atoms with E-state index < -0.39 is 0 Å². The van der Waals surface area contributed by atoms with E-state index in [1.807, 2.05) is 18.2 Å². The summed E-state index contributed by atoms with van der Waals surface area (Å²) in [6.07, 6.45) is 1.42. The number of ether oxygens (including phenoxy) is 1. The maximum Gasteiger partial charge on any atom is 0.133 e. The Morgan fingerprint density at radius 2 is 2.12 bits per heavy atom. The van der Waals surface area contributed by atoms with Gasteiger partial charge in [-0.15, -0.1) is 0 Å². The summed E-state index contributed by atoms with van der Waals surface area (Å²) in [5.41, 5.74) is 1.13. The second-order valence-electron chi connectivity index (χ2n) is 4.13. The van der Waals surface area contributed by atoms with Gasteiger partial charge in [-0.05, 0) is 46.0 Å². The maximum atomic E-state index is 9.94. The predicted molar refractivity (Wildman–Crippen MR) is 69.9 cm³/mol. The van der Waals surface area contributed by atoms with E-state index in [1.54, 1.807) is 7.11 Å². The molecule has 0 saturated carbocycles. The molecule has 2 unspecified atom stereocenters. The van der Waals surface area contributed by atoms with Crippen LogP contribution in [0.15, 0.2) is 22.7 Å². The van der Waals surface area contributed by atoms with Gasteiger partial charge in [-0.3, -0.25) is 0 Å². The first kappa shape index (κ1) is 13.5. The quantitative estimate of drug-likeness (QED) is 0.899. The van der Waals surface area contributed by atoms with Crippen LogP contribution in [-0.4, -0.2) is 18.3 Å². The molecule has 3 heteroatoms. The van der Waals surface area contributed by atoms with Crippen LogP contribution in [0.3, 0.4) is 0 Å². The Labute approximate surface area is 106 Å². The third-order valence-corrected chi connectivity index (χ3v) is 3.58. The van der Waals surface area contributed by atoms with Crippen molar-refractivity contribution in [1.82, 2.24) is 0 Å². The van der Waals surface area contributed by atoms with Gasteiger partial charge in [0.05, 0.1) is 17.7 Å². The van der Waals surface area contributed by atoms with E-state index in [2.05, 4.69) is 29.8 Å². The van der Waals surface area contributed by atoms with Crippen LogP contribution in [0.5, 0.6) is 5.75 Å². The topological polar surface area (TPSA) is 29.5 Å². The molecule has 90 valence electrons. The van der Waals surface area contributed by atoms with Gasteiger partial charge in [-0.25, -0.2) is 0 Å². The molecule has 1 rings (SSSR count). The minimum absolute atomic E-state index is 0.273. The average Bonchev–Trinajstić information content (AvgIpc) is 2.28. The zero-order valence-electron chi connectivity index (χ0n) is 10.0. The fraction of sp³-hybridized carbons (Fsp3) is 0.538. The van der Waals surface area contributed by atoms with Crippen LogP contribution in [0.2, 0.25) is 0 Å². The molecular weight excluding hydrogens is 268 g/mol. The van der Waals surface area contributed by atoms with Crippen molar-refractivity contribution in [3.63, 3.8) is 0 Å². The van der Waals surface area contributed by atoms with Gasteiger partial charge in [0.25, 0.3) is 0 Å². The molecule has 0 amide bonds. The fourth-order valence-corrected chi connectivity index (χ4v) is 2.14. The highest BCUT2D eigenvalue weighted by Crippen LogP contribution is 2.26. The van der Waals surface area contributed by atoms with Gasteiger partial charge in [0.1, 0.15) is 5.75 Å². The van der Waals surface area contributed by atoms with E-state index in [9.17, 15) is 5.11 Å². The number of aliphatic hydroxyl groups excluding tert-OH is 1. The molecule has 0 spiro atoms. The number of methoxy groups -OCH3 is 1. The van der Waals surface area contributed by atoms with Crippen LogP contribution in [0.4, 0.5) is 0 Å². The van der Waals surface area contributed by atoms with Crippen molar-refractivity contribution >= 4 is 15.9 Å². The number of hydrogen-bond donors (Lipinski definition) is 1. The molecule has 1 N–H and O–H groups in total. The van der Waals surface area contributed by atoms with E-state index >= 15 is 0 Å². The van der Waals surface area contributed by atoms with Gasteiger partial charge in [0, 0.05) is 0 Å². The van der Waals surface area contributed by atoms with E-state index in [1.165, 1.54) is 0 Å². The van der Waals surface area contributed by atoms with Crippen molar-refractivity contribution in [1.29, 1.82) is 0 Å². The Balaban J connectivity index is 2.71. The lowest BCUT2D eigenvalue weighted by molar-refractivity contribution is 0.115. The number of benzene rings is 1. The van der Waals surface area contributed by atoms with Gasteiger partial charge in [0.2, 0.25) is 0 Å². The van der Waals surface area contributed by atoms with Crippen molar-refractivity contribution in [3.05, 3.63) is 28.2 Å². The lowest BCUT2D eigenvalue weighted by Crippen LogP contribution is -2.19. The third kappa shape index (κ3) is 3.49. The molecule has 0 saturated heterocycles. The van der Waals surface area contributed by atoms with Crippen LogP contribution >= 0.6 is 15.9 Å². The highest BCUT2D eigenvalue weighted by Gasteiger charge is 2.13. The van der Waals surface area contributed by atoms with Crippen molar-refractivity contribution in [3.8, 4) is 5.75 Å². The third-order valence-electron chi connectivity index (χ3n) is 2.96. The maximum absolute atomic E-state index is 9.94. The molecule has 0 bridgehead atoms. The van der Waals surface area contributed by atoms with Gasteiger partial charge < -0.3 is 9.84 Å². The van der Waals surface area contributed by atoms with Gasteiger partial charge >= 0.3 is 0 Å². The van der Waals surface area contributed by atoms with E-state index in [0.29, 0.717) is 12.3 Å². The minimum Gasteiger partial charge on any atom is -0.496 e. The van der Waals surface area contributed by atoms with Crippen LogP contribution in [0.25, 0.3) is 0 Å². The Bertz CT molecular complexity index is 339. The van der Waals surface area contributed by atoms with Crippen molar-refractivity contribution in [2.75, 3.05) is 7.11 Å². The number of aliphatic hydroxyl groups is 1. The van der Waals surface area contributed by atoms with Crippen LogP contribution in [-0.2, 0) is 6.42 Å². The highest BCUT2D eigenvalue weighted by molar-refractivity contribution is 9.10. The number of hydrogen-bond acceptors (Lipinski definition) is 2. The van der Waals surface area contributed by atoms with Gasteiger partial charge in [-0.2, -0.15) is 0 Å². The molecule has 0 aromatic heterocycles. The Morgan fingerprint density at radius 3 is 2.62 bits per heavy atom. The van der Waals surface area contributed by atoms with E-state index in [0.717, 1.165) is 22.2 Å². The standard InChI is InChI=1S/C13H19BrO2/c1-4-9(2)12(15)8-10-5-6-13(16-3)11(14)7-10/h5-7,9,12,15H,4,8H2,1-3H3. The Morgan fingerprint density at radius 1 is 1.44 bits per heavy atom. The molecule has 0 aliphatic rings. The molecule has 1 aromatic rings. The molecule has 1 aromatic carbocycles. The van der Waals surface area contributed by atoms with Gasteiger partial charge in [0.15, 0.2) is 0 Å². The largest absolute Gasteiger partial charge is 0.496 e. The Hall–Kier alpha value is -0.540. The van der Waals surface area contributed by atoms with Crippen LogP contribution in [0.1, 0.15) is 25.8 Å². The summed E-state index contributed by atoms with van der Waals surface area (Å²) >= 11 is 3.44. The summed E-state index contributed by atoms with van der Waals surface area (Å²) < 4.78 is 6.10. The van der Waals surface area contributed by atoms with Crippen molar-refractivity contribution < 1.29 is 9.84 Å². The highest BCUT2D eigenvalue weighted by atomic mass is 79.9. The molecule has 0 heterocycles. The molecule has 16 heavy (non-hydrogen) atoms. The van der Waals surface area contributed by atoms with E-state index in [-0.39, 0.29) is 6.10 Å². The van der Waals surface area contributed by atoms with Crippen molar-refractivity contribution in [2.24, 2.45) is 5.92 Å². The summed E-state index contributed by atoms with van der Waals surface area (Å²) in [6.45, 7) is 4.17. The monoisotopic (exact) mass is 286 g/mol. The number of halogens is 1. The predicted octanol–water partition coefficient (Wildman–Crippen LogP) is 3.41. The second-order valence-corrected chi connectivity index (χ2v) is 4.98. The van der Waals surface area contributed by atoms with Crippen molar-refractivity contribution in [2.45, 2.75) is 32.8 Å². The summed E-state index contributed by atoms with van der Waals surface area (Å²) in [7, 11) is 1.65. The van der Waals surface area contributed by atoms with Crippen LogP contribution in [0, 0.1) is 5.92 Å². The molecule has 0 fully saturated rings. The summed E-state index contributed by atoms with van der Waals surface area (Å²) in [5.74, 6) is 1.16. The smallest absolute Gasteiger partial charge is 0.133 e. The minimum atomic E-state index is -0.273. The second kappa shape index (κ2) is 6.26. The lowest BCUT2D eigenvalue weighted by atomic mass is 9.96. The van der Waals surface area contributed by atoms with E-state index in [4.69, 9.17) is 4.74 Å².